The van der Waals surface area contributed by atoms with E-state index in [1.807, 2.05) is 0 Å². The van der Waals surface area contributed by atoms with Crippen LogP contribution >= 0.6 is 0 Å². The SMILES string of the molecule is N[C-]([Si])[Si]. The normalized spacial score (nSPS) is 9.00. The van der Waals surface area contributed by atoms with Crippen molar-refractivity contribution in [2.24, 2.45) is 5.73 Å². The lowest BCUT2D eigenvalue weighted by molar-refractivity contribution is 1.49. The van der Waals surface area contributed by atoms with Gasteiger partial charge in [0.25, 0.3) is 0 Å². The smallest absolute Gasteiger partial charge is 0.200 e. The summed E-state index contributed by atoms with van der Waals surface area (Å²) in [6.45, 7) is 0. The highest BCUT2D eigenvalue weighted by atomic mass is 28.2. The Kier molecular flexibility index (Phi) is 1.85. The summed E-state index contributed by atoms with van der Waals surface area (Å²) in [5.41, 5.74) is 4.85. The van der Waals surface area contributed by atoms with Gasteiger partial charge in [0.1, 0.15) is 0 Å². The maximum absolute atomic E-state index is 4.85. The van der Waals surface area contributed by atoms with E-state index < -0.39 is 0 Å². The van der Waals surface area contributed by atoms with Crippen molar-refractivity contribution in [3.63, 3.8) is 0 Å². The molecular weight excluding hydrogens is 82.2 g/mol. The summed E-state index contributed by atoms with van der Waals surface area (Å²) in [6, 6.07) is 0. The Balaban J connectivity index is 2.32. The van der Waals surface area contributed by atoms with Gasteiger partial charge in [-0.05, 0) is 0 Å². The van der Waals surface area contributed by atoms with Crippen molar-refractivity contribution in [2.75, 3.05) is 0 Å². The lowest BCUT2D eigenvalue weighted by atomic mass is 11.5. The van der Waals surface area contributed by atoms with Crippen LogP contribution in [-0.4, -0.2) is 20.5 Å². The Morgan fingerprint density at radius 3 is 1.50 bits per heavy atom. The fourth-order valence-electron chi connectivity index (χ4n) is 0. The molecule has 0 saturated heterocycles. The van der Waals surface area contributed by atoms with Crippen LogP contribution < -0.4 is 5.73 Å². The van der Waals surface area contributed by atoms with Gasteiger partial charge in [0.15, 0.2) is 0 Å². The fourth-order valence-corrected chi connectivity index (χ4v) is 0. The van der Waals surface area contributed by atoms with E-state index in [9.17, 15) is 0 Å². The Morgan fingerprint density at radius 1 is 1.50 bits per heavy atom. The maximum atomic E-state index is 4.85. The van der Waals surface area contributed by atoms with Gasteiger partial charge in [0.05, 0.1) is 0 Å². The molecule has 2 N–H and O–H groups in total. The molecule has 0 aliphatic carbocycles. The van der Waals surface area contributed by atoms with Gasteiger partial charge >= 0.3 is 0 Å². The van der Waals surface area contributed by atoms with Crippen LogP contribution in [-0.2, 0) is 0 Å². The third-order valence-corrected chi connectivity index (χ3v) is 0. The van der Waals surface area contributed by atoms with Crippen LogP contribution in [0.25, 0.3) is 0 Å². The zero-order valence-electron chi connectivity index (χ0n) is 2.08. The van der Waals surface area contributed by atoms with Crippen LogP contribution in [0.5, 0.6) is 0 Å². The molecule has 0 aromatic carbocycles. The lowest BCUT2D eigenvalue weighted by Crippen LogP contribution is -2.06. The van der Waals surface area contributed by atoms with E-state index in [1.54, 1.807) is 0 Å². The minimum atomic E-state index is 0.528. The monoisotopic (exact) mass is 84.0 g/mol. The molecule has 0 bridgehead atoms. The highest BCUT2D eigenvalue weighted by Crippen LogP contribution is 1.53. The molecule has 0 aliphatic rings. The first-order valence-electron chi connectivity index (χ1n) is 0.789. The van der Waals surface area contributed by atoms with E-state index in [-0.39, 0.29) is 0 Å². The van der Waals surface area contributed by atoms with Crippen LogP contribution in [0.2, 0.25) is 0 Å². The van der Waals surface area contributed by atoms with Gasteiger partial charge < -0.3 is 5.73 Å². The van der Waals surface area contributed by atoms with Gasteiger partial charge in [-0.15, -0.1) is 0 Å². The molecule has 0 unspecified atom stereocenters. The second-order valence-corrected chi connectivity index (χ2v) is 1.99. The summed E-state index contributed by atoms with van der Waals surface area (Å²) in [5.74, 6) is 0. The third-order valence-electron chi connectivity index (χ3n) is 0. The first-order valence-corrected chi connectivity index (χ1v) is 1.79. The Labute approximate surface area is 32.4 Å². The molecule has 0 heterocycles. The predicted octanol–water partition coefficient (Wildman–Crippen LogP) is -1.27. The number of hydrogen-bond acceptors (Lipinski definition) is 1. The minimum Gasteiger partial charge on any atom is -0.485 e. The molecule has 0 aliphatic heterocycles. The largest absolute Gasteiger partial charge is 0.485 e. The molecule has 3 heteroatoms. The first-order chi connectivity index (χ1) is 1.73. The molecule has 0 fully saturated rings. The average molecular weight is 84.2 g/mol. The highest BCUT2D eigenvalue weighted by Gasteiger charge is 1.45. The molecule has 0 spiro atoms. The zero-order chi connectivity index (χ0) is 3.58. The Hall–Kier alpha value is 0.394. The molecule has 20 valence electrons. The van der Waals surface area contributed by atoms with Crippen molar-refractivity contribution in [1.29, 1.82) is 0 Å². The summed E-state index contributed by atoms with van der Waals surface area (Å²) in [7, 11) is 5.84. The second kappa shape index (κ2) is 1.69. The van der Waals surface area contributed by atoms with E-state index >= 15 is 0 Å². The van der Waals surface area contributed by atoms with Gasteiger partial charge in [-0.25, -0.2) is 0 Å². The van der Waals surface area contributed by atoms with Gasteiger partial charge in [-0.3, -0.25) is 5.29 Å². The van der Waals surface area contributed by atoms with Crippen molar-refractivity contribution in [3.8, 4) is 0 Å². The molecule has 0 saturated carbocycles. The van der Waals surface area contributed by atoms with E-state index in [4.69, 9.17) is 5.73 Å². The molecule has 0 rings (SSSR count). The molecule has 0 amide bonds. The van der Waals surface area contributed by atoms with Crippen LogP contribution in [0.3, 0.4) is 0 Å². The van der Waals surface area contributed by atoms with Gasteiger partial charge in [0, 0.05) is 0 Å². The van der Waals surface area contributed by atoms with E-state index in [1.165, 1.54) is 0 Å². The molecular formula is CH2NSi2-. The standard InChI is InChI=1S/CH2NSi2/c2-1(3)4/h2H2/q-1. The number of nitrogens with two attached hydrogens (primary N) is 1. The van der Waals surface area contributed by atoms with E-state index in [2.05, 4.69) is 20.5 Å². The summed E-state index contributed by atoms with van der Waals surface area (Å²) in [6.07, 6.45) is 0. The Morgan fingerprint density at radius 2 is 1.50 bits per heavy atom. The van der Waals surface area contributed by atoms with E-state index in [0.717, 1.165) is 0 Å². The summed E-state index contributed by atoms with van der Waals surface area (Å²) in [4.78, 5) is 0. The number of hydrogen-bond donors (Lipinski definition) is 1. The predicted molar refractivity (Wildman–Crippen MR) is 18.9 cm³/mol. The maximum Gasteiger partial charge on any atom is -0.200 e. The summed E-state index contributed by atoms with van der Waals surface area (Å²) < 4.78 is 0. The molecule has 0 aromatic heterocycles. The highest BCUT2D eigenvalue weighted by molar-refractivity contribution is 6.43. The van der Waals surface area contributed by atoms with Crippen LogP contribution in [0.4, 0.5) is 0 Å². The third kappa shape index (κ3) is 30.0. The van der Waals surface area contributed by atoms with Gasteiger partial charge in [-0.1, -0.05) is 0 Å². The van der Waals surface area contributed by atoms with E-state index in [0.29, 0.717) is 5.29 Å². The molecule has 0 aromatic rings. The summed E-state index contributed by atoms with van der Waals surface area (Å²) in [5, 5.41) is 0.528. The quantitative estimate of drug-likeness (QED) is 0.287. The first kappa shape index (κ1) is 4.39. The molecule has 4 heavy (non-hydrogen) atoms. The number of rotatable bonds is 0. The van der Waals surface area contributed by atoms with Crippen LogP contribution in [0.1, 0.15) is 0 Å². The second-order valence-electron chi connectivity index (χ2n) is 0.414. The van der Waals surface area contributed by atoms with Crippen molar-refractivity contribution in [2.45, 2.75) is 0 Å². The minimum absolute atomic E-state index is 0.528. The van der Waals surface area contributed by atoms with Gasteiger partial charge in [-0.2, -0.15) is 20.5 Å². The molecule has 0 atom stereocenters. The lowest BCUT2D eigenvalue weighted by Gasteiger charge is -2.02. The fraction of sp³-hybridized carbons (Fsp3) is 0. The average Bonchev–Trinajstić information content (AvgIpc) is 0.811. The van der Waals surface area contributed by atoms with Crippen molar-refractivity contribution in [3.05, 3.63) is 5.29 Å². The molecule has 1 nitrogen and oxygen atoms in total. The zero-order valence-corrected chi connectivity index (χ0v) is 4.08. The van der Waals surface area contributed by atoms with Crippen molar-refractivity contribution in [1.82, 2.24) is 0 Å². The van der Waals surface area contributed by atoms with Crippen LogP contribution in [0.15, 0.2) is 0 Å². The van der Waals surface area contributed by atoms with Crippen molar-refractivity contribution >= 4 is 20.5 Å². The Bertz CT molecular complexity index is 10.8. The molecule has 6 radical (unpaired) electrons. The topological polar surface area (TPSA) is 26.0 Å². The van der Waals surface area contributed by atoms with Crippen LogP contribution in [0, 0.1) is 5.29 Å². The van der Waals surface area contributed by atoms with Crippen molar-refractivity contribution < 1.29 is 0 Å². The summed E-state index contributed by atoms with van der Waals surface area (Å²) >= 11 is 0. The van der Waals surface area contributed by atoms with Gasteiger partial charge in [0.2, 0.25) is 0 Å².